The minimum atomic E-state index is -0.656. The summed E-state index contributed by atoms with van der Waals surface area (Å²) in [5, 5.41) is 5.19. The van der Waals surface area contributed by atoms with Crippen molar-refractivity contribution in [2.24, 2.45) is 5.73 Å². The fraction of sp³-hybridized carbons (Fsp3) is 0.227. The molecule has 0 saturated heterocycles. The zero-order valence-corrected chi connectivity index (χ0v) is 17.8. The van der Waals surface area contributed by atoms with Crippen molar-refractivity contribution in [3.8, 4) is 0 Å². The van der Waals surface area contributed by atoms with Crippen molar-refractivity contribution >= 4 is 50.6 Å². The Labute approximate surface area is 178 Å². The number of esters is 1. The third-order valence-corrected chi connectivity index (χ3v) is 5.88. The molecule has 7 nitrogen and oxygen atoms in total. The number of hydrogen-bond acceptors (Lipinski definition) is 6. The molecule has 2 aromatic carbocycles. The minimum Gasteiger partial charge on any atom is -0.462 e. The van der Waals surface area contributed by atoms with Gasteiger partial charge in [-0.05, 0) is 42.3 Å². The third-order valence-electron chi connectivity index (χ3n) is 4.66. The molecular formula is C22H23N3O4S. The summed E-state index contributed by atoms with van der Waals surface area (Å²) in [5.41, 5.74) is 6.86. The summed E-state index contributed by atoms with van der Waals surface area (Å²) in [6.45, 7) is 3.53. The average molecular weight is 426 g/mol. The molecule has 3 rings (SSSR count). The molecule has 0 atom stereocenters. The van der Waals surface area contributed by atoms with Crippen molar-refractivity contribution in [3.63, 3.8) is 0 Å². The third kappa shape index (κ3) is 4.44. The molecule has 3 N–H and O–H groups in total. The van der Waals surface area contributed by atoms with E-state index in [4.69, 9.17) is 10.5 Å². The monoisotopic (exact) mass is 425 g/mol. The van der Waals surface area contributed by atoms with Gasteiger partial charge in [-0.2, -0.15) is 0 Å². The molecule has 0 aliphatic heterocycles. The van der Waals surface area contributed by atoms with E-state index in [1.165, 1.54) is 0 Å². The van der Waals surface area contributed by atoms with Crippen molar-refractivity contribution in [1.29, 1.82) is 0 Å². The molecule has 0 aliphatic carbocycles. The molecular weight excluding hydrogens is 402 g/mol. The molecule has 0 fully saturated rings. The Morgan fingerprint density at radius 3 is 2.50 bits per heavy atom. The molecule has 3 aromatic rings. The van der Waals surface area contributed by atoms with E-state index in [-0.39, 0.29) is 34.5 Å². The lowest BCUT2D eigenvalue weighted by Crippen LogP contribution is -2.30. The summed E-state index contributed by atoms with van der Waals surface area (Å²) in [5.74, 6) is -1.58. The molecule has 30 heavy (non-hydrogen) atoms. The maximum Gasteiger partial charge on any atom is 0.341 e. The van der Waals surface area contributed by atoms with Gasteiger partial charge in [0.15, 0.2) is 0 Å². The number of carbonyl (C=O) groups is 3. The van der Waals surface area contributed by atoms with Gasteiger partial charge in [0, 0.05) is 12.7 Å². The van der Waals surface area contributed by atoms with E-state index in [0.29, 0.717) is 5.56 Å². The number of hydrogen-bond donors (Lipinski definition) is 2. The molecule has 0 radical (unpaired) electrons. The normalized spacial score (nSPS) is 10.6. The second-order valence-electron chi connectivity index (χ2n) is 6.78. The van der Waals surface area contributed by atoms with Gasteiger partial charge in [-0.3, -0.25) is 9.59 Å². The number of nitrogens with zero attached hydrogens (tertiary/aromatic N) is 1. The molecule has 0 saturated carbocycles. The Morgan fingerprint density at radius 1 is 1.13 bits per heavy atom. The number of thiophene rings is 1. The lowest BCUT2D eigenvalue weighted by molar-refractivity contribution is -0.114. The van der Waals surface area contributed by atoms with Crippen molar-refractivity contribution in [1.82, 2.24) is 0 Å². The molecule has 0 unspecified atom stereocenters. The highest BCUT2D eigenvalue weighted by atomic mass is 32.1. The van der Waals surface area contributed by atoms with Crippen molar-refractivity contribution in [2.75, 3.05) is 30.4 Å². The van der Waals surface area contributed by atoms with E-state index >= 15 is 0 Å². The van der Waals surface area contributed by atoms with Gasteiger partial charge < -0.3 is 20.7 Å². The number of anilines is 2. The quantitative estimate of drug-likeness (QED) is 0.564. The molecule has 0 bridgehead atoms. The molecule has 156 valence electrons. The van der Waals surface area contributed by atoms with Crippen LogP contribution < -0.4 is 16.0 Å². The van der Waals surface area contributed by atoms with Crippen molar-refractivity contribution in [3.05, 3.63) is 58.5 Å². The van der Waals surface area contributed by atoms with Gasteiger partial charge >= 0.3 is 5.97 Å². The zero-order chi connectivity index (χ0) is 21.8. The first-order valence-corrected chi connectivity index (χ1v) is 10.2. The summed E-state index contributed by atoms with van der Waals surface area (Å²) in [7, 11) is 1.81. The van der Waals surface area contributed by atoms with Crippen molar-refractivity contribution < 1.29 is 19.1 Å². The Morgan fingerprint density at radius 2 is 1.83 bits per heavy atom. The van der Waals surface area contributed by atoms with Crippen LogP contribution in [0.25, 0.3) is 10.8 Å². The summed E-state index contributed by atoms with van der Waals surface area (Å²) < 4.78 is 5.07. The Hall–Kier alpha value is -3.39. The number of benzene rings is 2. The first-order valence-electron chi connectivity index (χ1n) is 9.42. The summed E-state index contributed by atoms with van der Waals surface area (Å²) in [6.07, 6.45) is 0. The summed E-state index contributed by atoms with van der Waals surface area (Å²) >= 11 is 0.976. The highest BCUT2D eigenvalue weighted by Gasteiger charge is 2.25. The van der Waals surface area contributed by atoms with Crippen LogP contribution in [0.4, 0.5) is 10.7 Å². The zero-order valence-electron chi connectivity index (χ0n) is 17.0. The van der Waals surface area contributed by atoms with Gasteiger partial charge in [0.05, 0.1) is 23.6 Å². The minimum absolute atomic E-state index is 0.0590. The smallest absolute Gasteiger partial charge is 0.341 e. The van der Waals surface area contributed by atoms with Gasteiger partial charge in [-0.25, -0.2) is 4.79 Å². The van der Waals surface area contributed by atoms with E-state index in [0.717, 1.165) is 27.8 Å². The average Bonchev–Trinajstić information content (AvgIpc) is 3.03. The Balaban J connectivity index is 1.80. The van der Waals surface area contributed by atoms with Crippen LogP contribution in [0.3, 0.4) is 0 Å². The van der Waals surface area contributed by atoms with Crippen LogP contribution in [-0.4, -0.2) is 38.0 Å². The fourth-order valence-corrected chi connectivity index (χ4v) is 4.24. The lowest BCUT2D eigenvalue weighted by Gasteiger charge is -2.19. The first-order chi connectivity index (χ1) is 14.3. The van der Waals surface area contributed by atoms with Crippen LogP contribution in [0.1, 0.15) is 32.5 Å². The lowest BCUT2D eigenvalue weighted by atomic mass is 10.1. The highest BCUT2D eigenvalue weighted by molar-refractivity contribution is 7.18. The SMILES string of the molecule is CCOC(=O)c1c(NC(=O)CN(C)c2ccc3ccccc3c2)sc(C(N)=O)c1C. The second-order valence-corrected chi connectivity index (χ2v) is 7.80. The van der Waals surface area contributed by atoms with E-state index in [2.05, 4.69) is 5.32 Å². The largest absolute Gasteiger partial charge is 0.462 e. The van der Waals surface area contributed by atoms with E-state index in [9.17, 15) is 14.4 Å². The van der Waals surface area contributed by atoms with Crippen LogP contribution >= 0.6 is 11.3 Å². The van der Waals surface area contributed by atoms with Gasteiger partial charge in [0.2, 0.25) is 5.91 Å². The van der Waals surface area contributed by atoms with Gasteiger partial charge in [-0.1, -0.05) is 30.3 Å². The van der Waals surface area contributed by atoms with E-state index < -0.39 is 11.9 Å². The van der Waals surface area contributed by atoms with E-state index in [1.54, 1.807) is 18.7 Å². The maximum absolute atomic E-state index is 12.7. The van der Waals surface area contributed by atoms with Gasteiger partial charge in [0.25, 0.3) is 5.91 Å². The molecule has 0 aliphatic rings. The number of nitrogens with one attached hydrogen (secondary N) is 1. The Kier molecular flexibility index (Phi) is 6.37. The van der Waals surface area contributed by atoms with Crippen LogP contribution in [0.5, 0.6) is 0 Å². The first kappa shape index (κ1) is 21.3. The molecule has 8 heteroatoms. The molecule has 1 aromatic heterocycles. The summed E-state index contributed by atoms with van der Waals surface area (Å²) in [4.78, 5) is 38.7. The van der Waals surface area contributed by atoms with Crippen LogP contribution in [0.2, 0.25) is 0 Å². The number of rotatable bonds is 7. The maximum atomic E-state index is 12.7. The van der Waals surface area contributed by atoms with Crippen LogP contribution in [0.15, 0.2) is 42.5 Å². The highest BCUT2D eigenvalue weighted by Crippen LogP contribution is 2.33. The standard InChI is InChI=1S/C22H23N3O4S/c1-4-29-22(28)18-13(2)19(20(23)27)30-21(18)24-17(26)12-25(3)16-10-9-14-7-5-6-8-15(14)11-16/h5-11H,4,12H2,1-3H3,(H2,23,27)(H,24,26). The number of primary amides is 1. The predicted octanol–water partition coefficient (Wildman–Crippen LogP) is 3.56. The van der Waals surface area contributed by atoms with Gasteiger partial charge in [0.1, 0.15) is 5.00 Å². The fourth-order valence-electron chi connectivity index (χ4n) is 3.17. The number of ether oxygens (including phenoxy) is 1. The Bertz CT molecular complexity index is 1120. The summed E-state index contributed by atoms with van der Waals surface area (Å²) in [6, 6.07) is 13.9. The molecule has 2 amide bonds. The number of nitrogens with two attached hydrogens (primary N) is 1. The predicted molar refractivity (Wildman–Crippen MR) is 119 cm³/mol. The number of carbonyl (C=O) groups excluding carboxylic acids is 3. The van der Waals surface area contributed by atoms with Crippen LogP contribution in [0, 0.1) is 6.92 Å². The number of likely N-dealkylation sites (N-methyl/N-ethyl adjacent to an activating group) is 1. The topological polar surface area (TPSA) is 102 Å². The second kappa shape index (κ2) is 8.96. The van der Waals surface area contributed by atoms with Crippen molar-refractivity contribution in [2.45, 2.75) is 13.8 Å². The van der Waals surface area contributed by atoms with Gasteiger partial charge in [-0.15, -0.1) is 11.3 Å². The molecule has 0 spiro atoms. The number of fused-ring (bicyclic) bond motifs is 1. The van der Waals surface area contributed by atoms with Crippen LogP contribution in [-0.2, 0) is 9.53 Å². The molecule has 1 heterocycles. The van der Waals surface area contributed by atoms with E-state index in [1.807, 2.05) is 49.5 Å². The number of amides is 2.